The first-order valence-electron chi connectivity index (χ1n) is 10.5. The van der Waals surface area contributed by atoms with Crippen LogP contribution in [0, 0.1) is 18.2 Å². The van der Waals surface area contributed by atoms with E-state index in [1.54, 1.807) is 24.3 Å². The summed E-state index contributed by atoms with van der Waals surface area (Å²) in [6.45, 7) is 4.63. The van der Waals surface area contributed by atoms with Crippen molar-refractivity contribution in [3.05, 3.63) is 87.7 Å². The quantitative estimate of drug-likeness (QED) is 0.295. The lowest BCUT2D eigenvalue weighted by atomic mass is 9.98. The first-order valence-corrected chi connectivity index (χ1v) is 13.2. The first-order chi connectivity index (χ1) is 16.2. The van der Waals surface area contributed by atoms with Gasteiger partial charge in [0.25, 0.3) is 0 Å². The van der Waals surface area contributed by atoms with Crippen LogP contribution >= 0.6 is 23.2 Å². The molecule has 0 aromatic heterocycles. The van der Waals surface area contributed by atoms with Gasteiger partial charge in [-0.3, -0.25) is 0 Å². The Kier molecular flexibility index (Phi) is 7.77. The average molecular weight is 535 g/mol. The van der Waals surface area contributed by atoms with Crippen molar-refractivity contribution in [3.8, 4) is 11.1 Å². The van der Waals surface area contributed by atoms with Gasteiger partial charge in [0.15, 0.2) is 9.84 Å². The van der Waals surface area contributed by atoms with Gasteiger partial charge in [-0.2, -0.15) is 0 Å². The molecule has 0 aliphatic carbocycles. The van der Waals surface area contributed by atoms with Crippen LogP contribution in [0.1, 0.15) is 25.0 Å². The molecule has 9 heteroatoms. The van der Waals surface area contributed by atoms with E-state index >= 15 is 0 Å². The fourth-order valence-corrected chi connectivity index (χ4v) is 4.68. The standard InChI is InChI=1S/C26H25Cl2FN2O3S/c1-15-13-17(16-7-5-8-18(14-16)35(4,33)34)11-12-21(15)31-24(23(28)25(30)26(2,3)32)22-19(27)9-6-10-20(22)29/h5-14,30-32H,1-4H3/b24-23+,30-25?. The highest BCUT2D eigenvalue weighted by atomic mass is 35.5. The molecule has 0 fully saturated rings. The molecule has 0 radical (unpaired) electrons. The zero-order valence-electron chi connectivity index (χ0n) is 19.6. The van der Waals surface area contributed by atoms with Crippen molar-refractivity contribution in [1.82, 2.24) is 0 Å². The molecule has 0 saturated heterocycles. The van der Waals surface area contributed by atoms with Crippen molar-refractivity contribution in [3.63, 3.8) is 0 Å². The minimum Gasteiger partial charge on any atom is -0.384 e. The van der Waals surface area contributed by atoms with Crippen molar-refractivity contribution < 1.29 is 17.9 Å². The molecule has 0 atom stereocenters. The second kappa shape index (κ2) is 10.1. The molecule has 5 nitrogen and oxygen atoms in total. The number of hydrogen-bond acceptors (Lipinski definition) is 5. The molecule has 3 aromatic rings. The van der Waals surface area contributed by atoms with Crippen molar-refractivity contribution >= 4 is 50.1 Å². The van der Waals surface area contributed by atoms with E-state index in [-0.39, 0.29) is 31.9 Å². The molecule has 3 aromatic carbocycles. The van der Waals surface area contributed by atoms with Crippen LogP contribution in [-0.2, 0) is 9.84 Å². The zero-order chi connectivity index (χ0) is 26.1. The van der Waals surface area contributed by atoms with Gasteiger partial charge >= 0.3 is 0 Å². The molecule has 3 rings (SSSR count). The first kappa shape index (κ1) is 26.9. The van der Waals surface area contributed by atoms with Crippen molar-refractivity contribution in [2.75, 3.05) is 11.6 Å². The van der Waals surface area contributed by atoms with Gasteiger partial charge in [0, 0.05) is 11.9 Å². The SMILES string of the molecule is Cc1cc(-c2cccc(S(C)(=O)=O)c2)ccc1N/C(=C(/Cl)C(=N)C(C)(C)O)c1c(F)cccc1Cl. The van der Waals surface area contributed by atoms with Gasteiger partial charge in [-0.05, 0) is 73.9 Å². The number of sulfone groups is 1. The summed E-state index contributed by atoms with van der Waals surface area (Å²) >= 11 is 12.8. The Morgan fingerprint density at radius 3 is 2.26 bits per heavy atom. The summed E-state index contributed by atoms with van der Waals surface area (Å²) in [5, 5.41) is 21.6. The molecule has 0 unspecified atom stereocenters. The molecule has 184 valence electrons. The lowest BCUT2D eigenvalue weighted by molar-refractivity contribution is 0.154. The van der Waals surface area contributed by atoms with E-state index < -0.39 is 21.3 Å². The third kappa shape index (κ3) is 6.11. The van der Waals surface area contributed by atoms with Crippen LogP contribution in [0.4, 0.5) is 10.1 Å². The summed E-state index contributed by atoms with van der Waals surface area (Å²) < 4.78 is 38.7. The Balaban J connectivity index is 2.11. The Morgan fingerprint density at radius 1 is 1.06 bits per heavy atom. The topological polar surface area (TPSA) is 90.3 Å². The highest BCUT2D eigenvalue weighted by Gasteiger charge is 2.27. The van der Waals surface area contributed by atoms with Crippen molar-refractivity contribution in [2.24, 2.45) is 0 Å². The fraction of sp³-hybridized carbons (Fsp3) is 0.192. The van der Waals surface area contributed by atoms with Crippen LogP contribution in [0.3, 0.4) is 0 Å². The van der Waals surface area contributed by atoms with Crippen molar-refractivity contribution in [1.29, 1.82) is 5.41 Å². The number of benzene rings is 3. The van der Waals surface area contributed by atoms with Gasteiger partial charge in [-0.15, -0.1) is 0 Å². The van der Waals surface area contributed by atoms with Crippen LogP contribution in [0.25, 0.3) is 16.8 Å². The monoisotopic (exact) mass is 534 g/mol. The van der Waals surface area contributed by atoms with Crippen LogP contribution in [0.5, 0.6) is 0 Å². The number of aryl methyl sites for hydroxylation is 1. The predicted molar refractivity (Wildman–Crippen MR) is 142 cm³/mol. The minimum absolute atomic E-state index is 0.0301. The van der Waals surface area contributed by atoms with Gasteiger partial charge in [0.1, 0.15) is 11.4 Å². The second-order valence-corrected chi connectivity index (χ2v) is 11.5. The maximum atomic E-state index is 14.8. The van der Waals surface area contributed by atoms with E-state index in [2.05, 4.69) is 5.32 Å². The van der Waals surface area contributed by atoms with Crippen LogP contribution in [0.15, 0.2) is 70.6 Å². The van der Waals surface area contributed by atoms with Gasteiger partial charge in [0.2, 0.25) is 0 Å². The molecule has 0 aliphatic rings. The Hall–Kier alpha value is -2.71. The van der Waals surface area contributed by atoms with E-state index in [1.165, 1.54) is 38.1 Å². The van der Waals surface area contributed by atoms with E-state index in [1.807, 2.05) is 19.1 Å². The fourth-order valence-electron chi connectivity index (χ4n) is 3.38. The van der Waals surface area contributed by atoms with E-state index in [0.717, 1.165) is 22.9 Å². The summed E-state index contributed by atoms with van der Waals surface area (Å²) in [4.78, 5) is 0.214. The predicted octanol–water partition coefficient (Wildman–Crippen LogP) is 6.67. The lowest BCUT2D eigenvalue weighted by Gasteiger charge is -2.23. The molecule has 0 spiro atoms. The van der Waals surface area contributed by atoms with Crippen LogP contribution in [0.2, 0.25) is 5.02 Å². The Morgan fingerprint density at radius 2 is 1.69 bits per heavy atom. The van der Waals surface area contributed by atoms with E-state index in [4.69, 9.17) is 28.6 Å². The number of rotatable bonds is 7. The Labute approximate surface area is 214 Å². The summed E-state index contributed by atoms with van der Waals surface area (Å²) in [5.74, 6) is -0.645. The maximum Gasteiger partial charge on any atom is 0.175 e. The number of aliphatic hydroxyl groups is 1. The molecule has 3 N–H and O–H groups in total. The molecular formula is C26H25Cl2FN2O3S. The van der Waals surface area contributed by atoms with Crippen molar-refractivity contribution in [2.45, 2.75) is 31.3 Å². The second-order valence-electron chi connectivity index (χ2n) is 8.67. The summed E-state index contributed by atoms with van der Waals surface area (Å²) in [6, 6.07) is 16.2. The lowest BCUT2D eigenvalue weighted by Crippen LogP contribution is -2.31. The Bertz CT molecular complexity index is 1420. The van der Waals surface area contributed by atoms with Gasteiger partial charge in [0.05, 0.1) is 31.9 Å². The number of anilines is 1. The largest absolute Gasteiger partial charge is 0.384 e. The molecule has 0 amide bonds. The van der Waals surface area contributed by atoms with Gasteiger partial charge in [-0.25, -0.2) is 12.8 Å². The summed E-state index contributed by atoms with van der Waals surface area (Å²) in [6.07, 6.45) is 1.15. The average Bonchev–Trinajstić information content (AvgIpc) is 2.77. The highest BCUT2D eigenvalue weighted by Crippen LogP contribution is 2.35. The highest BCUT2D eigenvalue weighted by molar-refractivity contribution is 7.90. The third-order valence-electron chi connectivity index (χ3n) is 5.35. The molecular weight excluding hydrogens is 510 g/mol. The van der Waals surface area contributed by atoms with Gasteiger partial charge < -0.3 is 15.8 Å². The molecule has 0 bridgehead atoms. The van der Waals surface area contributed by atoms with Gasteiger partial charge in [-0.1, -0.05) is 47.5 Å². The third-order valence-corrected chi connectivity index (χ3v) is 7.15. The smallest absolute Gasteiger partial charge is 0.175 e. The molecule has 0 saturated carbocycles. The minimum atomic E-state index is -3.36. The maximum absolute atomic E-state index is 14.8. The van der Waals surface area contributed by atoms with E-state index in [9.17, 15) is 17.9 Å². The van der Waals surface area contributed by atoms with E-state index in [0.29, 0.717) is 5.69 Å². The molecule has 0 aliphatic heterocycles. The van der Waals surface area contributed by atoms with Crippen LogP contribution in [-0.4, -0.2) is 31.1 Å². The normalized spacial score (nSPS) is 12.8. The number of halogens is 3. The number of hydrogen-bond donors (Lipinski definition) is 3. The summed E-state index contributed by atoms with van der Waals surface area (Å²) in [7, 11) is -3.36. The zero-order valence-corrected chi connectivity index (χ0v) is 21.9. The number of nitrogens with one attached hydrogen (secondary N) is 2. The summed E-state index contributed by atoms with van der Waals surface area (Å²) in [5.41, 5.74) is 0.925. The van der Waals surface area contributed by atoms with Crippen LogP contribution < -0.4 is 5.32 Å². The molecule has 35 heavy (non-hydrogen) atoms. The molecule has 0 heterocycles.